The normalized spacial score (nSPS) is 10.4. The van der Waals surface area contributed by atoms with Crippen LogP contribution in [0.2, 0.25) is 0 Å². The summed E-state index contributed by atoms with van der Waals surface area (Å²) in [4.78, 5) is 11.6. The molecule has 0 saturated carbocycles. The van der Waals surface area contributed by atoms with Gasteiger partial charge in [-0.1, -0.05) is 31.5 Å². The average molecular weight is 290 g/mol. The standard InChI is InChI=1S/C15H19FN4O/c1-2-3-9-17-15(21)18-14-8-10-20(19-14)11-12-6-4-5-7-13(12)16/h4-8,10H,2-3,9,11H2,1H3,(H2,17,18,19,21). The summed E-state index contributed by atoms with van der Waals surface area (Å²) < 4.78 is 15.1. The zero-order valence-electron chi connectivity index (χ0n) is 12.0. The van der Waals surface area contributed by atoms with Crippen LogP contribution >= 0.6 is 0 Å². The van der Waals surface area contributed by atoms with E-state index in [-0.39, 0.29) is 11.8 Å². The fourth-order valence-electron chi connectivity index (χ4n) is 1.86. The van der Waals surface area contributed by atoms with Gasteiger partial charge >= 0.3 is 6.03 Å². The summed E-state index contributed by atoms with van der Waals surface area (Å²) in [5.74, 6) is 0.181. The number of hydrogen-bond acceptors (Lipinski definition) is 2. The Labute approximate surface area is 123 Å². The van der Waals surface area contributed by atoms with E-state index in [1.54, 1.807) is 35.1 Å². The molecule has 0 bridgehead atoms. The summed E-state index contributed by atoms with van der Waals surface area (Å²) in [6.07, 6.45) is 3.67. The smallest absolute Gasteiger partial charge is 0.320 e. The Bertz CT molecular complexity index is 597. The number of nitrogens with zero attached hydrogens (tertiary/aromatic N) is 2. The minimum absolute atomic E-state index is 0.264. The molecule has 2 aromatic rings. The van der Waals surface area contributed by atoms with Crippen molar-refractivity contribution in [1.82, 2.24) is 15.1 Å². The lowest BCUT2D eigenvalue weighted by Gasteiger charge is -2.05. The summed E-state index contributed by atoms with van der Waals surface area (Å²) in [7, 11) is 0. The van der Waals surface area contributed by atoms with Crippen LogP contribution in [0, 0.1) is 5.82 Å². The lowest BCUT2D eigenvalue weighted by atomic mass is 10.2. The van der Waals surface area contributed by atoms with Crippen molar-refractivity contribution >= 4 is 11.8 Å². The van der Waals surface area contributed by atoms with Crippen molar-refractivity contribution in [2.24, 2.45) is 0 Å². The molecule has 0 aliphatic rings. The van der Waals surface area contributed by atoms with Crippen molar-refractivity contribution in [3.63, 3.8) is 0 Å². The lowest BCUT2D eigenvalue weighted by Crippen LogP contribution is -2.29. The van der Waals surface area contributed by atoms with Crippen molar-refractivity contribution in [2.45, 2.75) is 26.3 Å². The first-order valence-corrected chi connectivity index (χ1v) is 7.00. The Morgan fingerprint density at radius 3 is 2.90 bits per heavy atom. The molecule has 1 aromatic carbocycles. The summed E-state index contributed by atoms with van der Waals surface area (Å²) in [5.41, 5.74) is 0.555. The number of halogens is 1. The van der Waals surface area contributed by atoms with Crippen molar-refractivity contribution < 1.29 is 9.18 Å². The quantitative estimate of drug-likeness (QED) is 0.803. The Morgan fingerprint density at radius 1 is 1.33 bits per heavy atom. The third-order valence-electron chi connectivity index (χ3n) is 2.99. The lowest BCUT2D eigenvalue weighted by molar-refractivity contribution is 0.252. The van der Waals surface area contributed by atoms with E-state index in [1.165, 1.54) is 6.07 Å². The largest absolute Gasteiger partial charge is 0.338 e. The molecule has 0 spiro atoms. The maximum atomic E-state index is 13.5. The van der Waals surface area contributed by atoms with Crippen LogP contribution in [0.5, 0.6) is 0 Å². The van der Waals surface area contributed by atoms with Crippen molar-refractivity contribution in [3.05, 3.63) is 47.9 Å². The number of carbonyl (C=O) groups excluding carboxylic acids is 1. The summed E-state index contributed by atoms with van der Waals surface area (Å²) in [6, 6.07) is 7.96. The van der Waals surface area contributed by atoms with E-state index < -0.39 is 0 Å². The second-order valence-corrected chi connectivity index (χ2v) is 4.72. The number of rotatable bonds is 6. The van der Waals surface area contributed by atoms with Gasteiger partial charge in [-0.2, -0.15) is 5.10 Å². The Morgan fingerprint density at radius 2 is 2.14 bits per heavy atom. The number of urea groups is 1. The highest BCUT2D eigenvalue weighted by molar-refractivity contribution is 5.88. The van der Waals surface area contributed by atoms with Crippen LogP contribution in [0.15, 0.2) is 36.5 Å². The SMILES string of the molecule is CCCCNC(=O)Nc1ccn(Cc2ccccc2F)n1. The number of aromatic nitrogens is 2. The van der Waals surface area contributed by atoms with Gasteiger partial charge in [0.25, 0.3) is 0 Å². The van der Waals surface area contributed by atoms with E-state index in [0.717, 1.165) is 12.8 Å². The highest BCUT2D eigenvalue weighted by Gasteiger charge is 2.06. The third-order valence-corrected chi connectivity index (χ3v) is 2.99. The van der Waals surface area contributed by atoms with Gasteiger partial charge in [0.05, 0.1) is 6.54 Å². The predicted octanol–water partition coefficient (Wildman–Crippen LogP) is 2.99. The number of benzene rings is 1. The fraction of sp³-hybridized carbons (Fsp3) is 0.333. The van der Waals surface area contributed by atoms with Crippen LogP contribution in [0.1, 0.15) is 25.3 Å². The van der Waals surface area contributed by atoms with Crippen LogP contribution in [0.4, 0.5) is 15.0 Å². The molecule has 0 saturated heterocycles. The molecular weight excluding hydrogens is 271 g/mol. The first-order valence-electron chi connectivity index (χ1n) is 7.00. The third kappa shape index (κ3) is 4.59. The summed E-state index contributed by atoms with van der Waals surface area (Å²) in [5, 5.41) is 9.58. The molecule has 2 rings (SSSR count). The highest BCUT2D eigenvalue weighted by atomic mass is 19.1. The number of nitrogens with one attached hydrogen (secondary N) is 2. The maximum Gasteiger partial charge on any atom is 0.320 e. The minimum Gasteiger partial charge on any atom is -0.338 e. The summed E-state index contributed by atoms with van der Waals surface area (Å²) >= 11 is 0. The Balaban J connectivity index is 1.89. The number of carbonyl (C=O) groups is 1. The molecule has 0 unspecified atom stereocenters. The number of hydrogen-bond donors (Lipinski definition) is 2. The fourth-order valence-corrected chi connectivity index (χ4v) is 1.86. The molecule has 5 nitrogen and oxygen atoms in total. The van der Waals surface area contributed by atoms with Gasteiger partial charge in [-0.3, -0.25) is 10.00 Å². The van der Waals surface area contributed by atoms with E-state index in [9.17, 15) is 9.18 Å². The molecule has 1 heterocycles. The van der Waals surface area contributed by atoms with E-state index in [4.69, 9.17) is 0 Å². The van der Waals surface area contributed by atoms with Gasteiger partial charge in [-0.25, -0.2) is 9.18 Å². The molecular formula is C15H19FN4O. The molecule has 0 fully saturated rings. The number of amides is 2. The van der Waals surface area contributed by atoms with E-state index in [1.807, 2.05) is 0 Å². The molecule has 0 aliphatic carbocycles. The molecule has 6 heteroatoms. The van der Waals surface area contributed by atoms with Gasteiger partial charge in [-0.15, -0.1) is 0 Å². The molecule has 112 valence electrons. The zero-order valence-corrected chi connectivity index (χ0v) is 12.0. The molecule has 0 atom stereocenters. The second kappa shape index (κ2) is 7.42. The number of unbranched alkanes of at least 4 members (excludes halogenated alkanes) is 1. The van der Waals surface area contributed by atoms with Crippen molar-refractivity contribution in [1.29, 1.82) is 0 Å². The van der Waals surface area contributed by atoms with Crippen LogP contribution in [-0.2, 0) is 6.54 Å². The highest BCUT2D eigenvalue weighted by Crippen LogP contribution is 2.10. The second-order valence-electron chi connectivity index (χ2n) is 4.72. The van der Waals surface area contributed by atoms with Gasteiger partial charge < -0.3 is 5.32 Å². The van der Waals surface area contributed by atoms with Gasteiger partial charge in [0.15, 0.2) is 5.82 Å². The molecule has 0 aliphatic heterocycles. The first kappa shape index (κ1) is 15.0. The van der Waals surface area contributed by atoms with Gasteiger partial charge in [-0.05, 0) is 12.5 Å². The summed E-state index contributed by atoms with van der Waals surface area (Å²) in [6.45, 7) is 3.02. The molecule has 2 amide bonds. The predicted molar refractivity (Wildman–Crippen MR) is 79.7 cm³/mol. The molecule has 1 aromatic heterocycles. The van der Waals surface area contributed by atoms with E-state index >= 15 is 0 Å². The van der Waals surface area contributed by atoms with E-state index in [2.05, 4.69) is 22.7 Å². The first-order chi connectivity index (χ1) is 10.2. The molecule has 2 N–H and O–H groups in total. The zero-order chi connectivity index (χ0) is 15.1. The van der Waals surface area contributed by atoms with Crippen LogP contribution in [-0.4, -0.2) is 22.4 Å². The van der Waals surface area contributed by atoms with Gasteiger partial charge in [0, 0.05) is 24.4 Å². The average Bonchev–Trinajstić information content (AvgIpc) is 2.89. The van der Waals surface area contributed by atoms with Gasteiger partial charge in [0.1, 0.15) is 5.82 Å². The molecule has 21 heavy (non-hydrogen) atoms. The van der Waals surface area contributed by atoms with Crippen LogP contribution < -0.4 is 10.6 Å². The number of anilines is 1. The Kier molecular flexibility index (Phi) is 5.31. The van der Waals surface area contributed by atoms with E-state index in [0.29, 0.717) is 24.5 Å². The molecule has 0 radical (unpaired) electrons. The van der Waals surface area contributed by atoms with Gasteiger partial charge in [0.2, 0.25) is 0 Å². The van der Waals surface area contributed by atoms with Crippen LogP contribution in [0.25, 0.3) is 0 Å². The van der Waals surface area contributed by atoms with Crippen LogP contribution in [0.3, 0.4) is 0 Å². The van der Waals surface area contributed by atoms with Crippen molar-refractivity contribution in [3.8, 4) is 0 Å². The monoisotopic (exact) mass is 290 g/mol. The topological polar surface area (TPSA) is 59.0 Å². The Hall–Kier alpha value is -2.37. The van der Waals surface area contributed by atoms with Crippen molar-refractivity contribution in [2.75, 3.05) is 11.9 Å². The maximum absolute atomic E-state index is 13.5. The minimum atomic E-state index is -0.278.